The molecule has 2 saturated carbocycles. The molecule has 0 atom stereocenters. The SMILES string of the molecule is CS(=O)(=O)Nc1c(NCC2CCC3(CCC3)CC2)nc(C#N)nc1OCCC1CCN(C(=O)O)CC1.c1cc2cc-2c1. The van der Waals surface area contributed by atoms with Crippen LogP contribution in [0.3, 0.4) is 0 Å². The lowest BCUT2D eigenvalue weighted by Crippen LogP contribution is -2.37. The van der Waals surface area contributed by atoms with Crippen LogP contribution >= 0.6 is 0 Å². The maximum absolute atomic E-state index is 12.1. The predicted molar refractivity (Wildman–Crippen MR) is 160 cm³/mol. The Hall–Kier alpha value is -3.59. The van der Waals surface area contributed by atoms with Crippen molar-refractivity contribution in [3.05, 3.63) is 30.1 Å². The number of nitriles is 1. The molecule has 3 N–H and O–H groups in total. The zero-order valence-electron chi connectivity index (χ0n) is 24.1. The van der Waals surface area contributed by atoms with Gasteiger partial charge in [0, 0.05) is 19.6 Å². The number of hydrogen-bond donors (Lipinski definition) is 3. The first-order valence-electron chi connectivity index (χ1n) is 14.9. The molecule has 42 heavy (non-hydrogen) atoms. The van der Waals surface area contributed by atoms with E-state index in [4.69, 9.17) is 9.84 Å². The minimum atomic E-state index is -3.65. The highest BCUT2D eigenvalue weighted by Gasteiger charge is 2.39. The van der Waals surface area contributed by atoms with Crippen LogP contribution in [0.5, 0.6) is 5.88 Å². The van der Waals surface area contributed by atoms with Gasteiger partial charge in [-0.05, 0) is 92.2 Å². The molecular weight excluding hydrogens is 556 g/mol. The average molecular weight is 597 g/mol. The summed E-state index contributed by atoms with van der Waals surface area (Å²) in [6.45, 7) is 1.88. The minimum Gasteiger partial charge on any atom is -0.476 e. The van der Waals surface area contributed by atoms with E-state index in [-0.39, 0.29) is 29.8 Å². The molecule has 226 valence electrons. The van der Waals surface area contributed by atoms with Gasteiger partial charge in [0.05, 0.1) is 12.9 Å². The summed E-state index contributed by atoms with van der Waals surface area (Å²) in [5.74, 6) is 0.935. The van der Waals surface area contributed by atoms with Crippen LogP contribution in [0, 0.1) is 28.6 Å². The summed E-state index contributed by atoms with van der Waals surface area (Å²) >= 11 is 0. The van der Waals surface area contributed by atoms with E-state index in [2.05, 4.69) is 44.3 Å². The molecular formula is C30H40N6O5S. The van der Waals surface area contributed by atoms with Gasteiger partial charge in [0.15, 0.2) is 11.5 Å². The zero-order valence-corrected chi connectivity index (χ0v) is 25.0. The first kappa shape index (κ1) is 29.9. The highest BCUT2D eigenvalue weighted by Crippen LogP contribution is 2.52. The third-order valence-corrected chi connectivity index (χ3v) is 9.74. The lowest BCUT2D eigenvalue weighted by molar-refractivity contribution is 0.0581. The van der Waals surface area contributed by atoms with Gasteiger partial charge in [0.1, 0.15) is 6.07 Å². The summed E-state index contributed by atoms with van der Waals surface area (Å²) in [5.41, 5.74) is 3.53. The van der Waals surface area contributed by atoms with E-state index in [1.54, 1.807) is 0 Å². The number of carbonyl (C=O) groups is 1. The number of carboxylic acid groups (broad SMARTS) is 1. The number of ether oxygens (including phenoxy) is 1. The summed E-state index contributed by atoms with van der Waals surface area (Å²) in [7, 11) is -3.65. The molecule has 12 heteroatoms. The second kappa shape index (κ2) is 12.7. The molecule has 0 radical (unpaired) electrons. The Balaban J connectivity index is 0.000000513. The molecule has 11 nitrogen and oxygen atoms in total. The summed E-state index contributed by atoms with van der Waals surface area (Å²) in [6.07, 6.45) is 11.1. The summed E-state index contributed by atoms with van der Waals surface area (Å²) in [5, 5.41) is 21.8. The Morgan fingerprint density at radius 1 is 1.12 bits per heavy atom. The zero-order chi connectivity index (χ0) is 29.7. The molecule has 1 aliphatic heterocycles. The van der Waals surface area contributed by atoms with Crippen molar-refractivity contribution in [2.24, 2.45) is 17.3 Å². The van der Waals surface area contributed by atoms with Crippen molar-refractivity contribution in [1.82, 2.24) is 14.9 Å². The molecule has 1 aromatic rings. The van der Waals surface area contributed by atoms with Crippen LogP contribution in [-0.2, 0) is 10.0 Å². The number of sulfonamides is 1. The fourth-order valence-electron chi connectivity index (χ4n) is 6.32. The van der Waals surface area contributed by atoms with Crippen LogP contribution in [0.2, 0.25) is 0 Å². The molecule has 4 aliphatic carbocycles. The van der Waals surface area contributed by atoms with Gasteiger partial charge in [-0.1, -0.05) is 24.6 Å². The van der Waals surface area contributed by atoms with E-state index in [0.717, 1.165) is 31.9 Å². The number of fused-ring (bicyclic) bond motifs is 1. The maximum Gasteiger partial charge on any atom is 0.407 e. The number of anilines is 2. The first-order chi connectivity index (χ1) is 20.1. The molecule has 1 aromatic heterocycles. The number of rotatable bonds is 9. The van der Waals surface area contributed by atoms with Crippen LogP contribution in [0.1, 0.15) is 70.0 Å². The molecule has 5 aliphatic rings. The van der Waals surface area contributed by atoms with E-state index < -0.39 is 16.1 Å². The molecule has 1 saturated heterocycles. The fourth-order valence-corrected chi connectivity index (χ4v) is 6.88. The monoisotopic (exact) mass is 596 g/mol. The van der Waals surface area contributed by atoms with Crippen molar-refractivity contribution in [3.63, 3.8) is 0 Å². The van der Waals surface area contributed by atoms with Crippen molar-refractivity contribution < 1.29 is 23.1 Å². The van der Waals surface area contributed by atoms with E-state index in [1.807, 2.05) is 6.07 Å². The highest BCUT2D eigenvalue weighted by molar-refractivity contribution is 7.92. The van der Waals surface area contributed by atoms with E-state index in [0.29, 0.717) is 43.3 Å². The number of nitrogens with zero attached hydrogens (tertiary/aromatic N) is 4. The minimum absolute atomic E-state index is 0.0227. The molecule has 3 fully saturated rings. The van der Waals surface area contributed by atoms with Crippen LogP contribution in [0.25, 0.3) is 11.1 Å². The number of likely N-dealkylation sites (tertiary alicyclic amines) is 1. The maximum atomic E-state index is 12.1. The Bertz CT molecular complexity index is 1400. The molecule has 1 amide bonds. The number of aromatic nitrogens is 2. The molecule has 2 heterocycles. The van der Waals surface area contributed by atoms with Crippen molar-refractivity contribution >= 4 is 27.6 Å². The van der Waals surface area contributed by atoms with Gasteiger partial charge in [0.2, 0.25) is 21.7 Å². The Labute approximate surface area is 247 Å². The second-order valence-corrected chi connectivity index (χ2v) is 13.9. The van der Waals surface area contributed by atoms with Crippen LogP contribution < -0.4 is 14.8 Å². The number of piperidine rings is 1. The summed E-state index contributed by atoms with van der Waals surface area (Å²) in [4.78, 5) is 20.9. The van der Waals surface area contributed by atoms with E-state index >= 15 is 0 Å². The van der Waals surface area contributed by atoms with E-state index in [9.17, 15) is 18.5 Å². The normalized spacial score (nSPS) is 19.1. The van der Waals surface area contributed by atoms with Crippen molar-refractivity contribution in [2.45, 2.75) is 64.2 Å². The third-order valence-electron chi connectivity index (χ3n) is 9.16. The van der Waals surface area contributed by atoms with Crippen molar-refractivity contribution in [2.75, 3.05) is 42.5 Å². The number of amides is 1. The van der Waals surface area contributed by atoms with Gasteiger partial charge < -0.3 is 20.1 Å². The number of nitrogens with one attached hydrogen (secondary N) is 2. The van der Waals surface area contributed by atoms with Gasteiger partial charge in [-0.3, -0.25) is 4.72 Å². The van der Waals surface area contributed by atoms with Crippen molar-refractivity contribution in [1.29, 1.82) is 5.26 Å². The van der Waals surface area contributed by atoms with Crippen LogP contribution in [0.4, 0.5) is 16.3 Å². The molecule has 6 rings (SSSR count). The molecule has 1 spiro atoms. The summed E-state index contributed by atoms with van der Waals surface area (Å²) in [6, 6.07) is 10.4. The lowest BCUT2D eigenvalue weighted by Gasteiger charge is -2.47. The molecule has 0 aromatic carbocycles. The number of hydrogen-bond acceptors (Lipinski definition) is 8. The number of benzene rings is 1. The summed E-state index contributed by atoms with van der Waals surface area (Å²) < 4.78 is 32.6. The standard InChI is InChI=1S/C24H36N6O5S.C6H4/c1-36(33,34)29-20-21(26-16-18-3-10-24(11-4-18)8-2-9-24)27-19(15-25)28-22(20)35-14-7-17-5-12-30(13-6-17)23(31)32;1-2-5-4-6(5)3-1/h17-18,29H,2-14,16H2,1H3,(H,31,32)(H,26,27,28);1-4H. The van der Waals surface area contributed by atoms with Gasteiger partial charge in [-0.15, -0.1) is 0 Å². The Morgan fingerprint density at radius 2 is 1.81 bits per heavy atom. The van der Waals surface area contributed by atoms with E-state index in [1.165, 1.54) is 48.1 Å². The Kier molecular flexibility index (Phi) is 9.06. The van der Waals surface area contributed by atoms with Gasteiger partial charge in [-0.25, -0.2) is 13.2 Å². The average Bonchev–Trinajstić information content (AvgIpc) is 3.55. The van der Waals surface area contributed by atoms with Gasteiger partial charge >= 0.3 is 6.09 Å². The fraction of sp³-hybridized carbons (Fsp3) is 0.600. The van der Waals surface area contributed by atoms with Gasteiger partial charge in [-0.2, -0.15) is 15.2 Å². The molecule has 0 unspecified atom stereocenters. The Morgan fingerprint density at radius 3 is 2.31 bits per heavy atom. The highest BCUT2D eigenvalue weighted by atomic mass is 32.2. The van der Waals surface area contributed by atoms with Crippen LogP contribution in [0.15, 0.2) is 24.3 Å². The third kappa shape index (κ3) is 7.82. The quantitative estimate of drug-likeness (QED) is 0.297. The largest absolute Gasteiger partial charge is 0.476 e. The second-order valence-electron chi connectivity index (χ2n) is 12.2. The lowest BCUT2D eigenvalue weighted by atomic mass is 9.59. The smallest absolute Gasteiger partial charge is 0.407 e. The topological polar surface area (TPSA) is 158 Å². The first-order valence-corrected chi connectivity index (χ1v) is 16.8. The van der Waals surface area contributed by atoms with Crippen molar-refractivity contribution in [3.8, 4) is 23.1 Å². The van der Waals surface area contributed by atoms with Crippen LogP contribution in [-0.4, -0.2) is 67.0 Å². The molecule has 0 bridgehead atoms. The predicted octanol–water partition coefficient (Wildman–Crippen LogP) is 5.32. The van der Waals surface area contributed by atoms with Gasteiger partial charge in [0.25, 0.3) is 0 Å².